The smallest absolute Gasteiger partial charge is 0.224 e. The highest BCUT2D eigenvalue weighted by Crippen LogP contribution is 2.35. The molecule has 1 unspecified atom stereocenters. The molecule has 0 bridgehead atoms. The highest BCUT2D eigenvalue weighted by atomic mass is 35.5. The van der Waals surface area contributed by atoms with Crippen molar-refractivity contribution in [2.24, 2.45) is 11.7 Å². The van der Waals surface area contributed by atoms with Gasteiger partial charge in [0.05, 0.1) is 24.9 Å². The fraction of sp³-hybridized carbons (Fsp3) is 0.500. The summed E-state index contributed by atoms with van der Waals surface area (Å²) in [4.78, 5) is 12.0. The topological polar surface area (TPSA) is 73.6 Å². The Morgan fingerprint density at radius 3 is 2.50 bits per heavy atom. The van der Waals surface area contributed by atoms with Gasteiger partial charge in [-0.1, -0.05) is 24.9 Å². The summed E-state index contributed by atoms with van der Waals surface area (Å²) in [7, 11) is 3.03. The molecule has 1 aromatic rings. The number of nitrogens with two attached hydrogens (primary N) is 1. The molecule has 0 aromatic heterocycles. The Hall–Kier alpha value is -1.46. The van der Waals surface area contributed by atoms with Crippen LogP contribution in [0.1, 0.15) is 19.8 Å². The lowest BCUT2D eigenvalue weighted by atomic mass is 10.0. The van der Waals surface area contributed by atoms with Crippen molar-refractivity contribution in [3.05, 3.63) is 17.2 Å². The van der Waals surface area contributed by atoms with Crippen LogP contribution in [0, 0.1) is 5.92 Å². The van der Waals surface area contributed by atoms with E-state index in [2.05, 4.69) is 5.32 Å². The van der Waals surface area contributed by atoms with Gasteiger partial charge in [0.2, 0.25) is 5.91 Å². The van der Waals surface area contributed by atoms with E-state index in [1.165, 1.54) is 14.2 Å². The molecule has 0 heterocycles. The minimum Gasteiger partial charge on any atom is -0.495 e. The van der Waals surface area contributed by atoms with Crippen LogP contribution in [0.3, 0.4) is 0 Å². The Kier molecular flexibility index (Phi) is 6.61. The van der Waals surface area contributed by atoms with E-state index in [9.17, 15) is 4.79 Å². The lowest BCUT2D eigenvalue weighted by molar-refractivity contribution is -0.117. The van der Waals surface area contributed by atoms with E-state index in [0.717, 1.165) is 6.42 Å². The van der Waals surface area contributed by atoms with E-state index in [-0.39, 0.29) is 11.8 Å². The summed E-state index contributed by atoms with van der Waals surface area (Å²) in [5.74, 6) is 1.04. The number of amides is 1. The average molecular weight is 301 g/mol. The Labute approximate surface area is 124 Å². The average Bonchev–Trinajstić information content (AvgIpc) is 2.45. The highest BCUT2D eigenvalue weighted by molar-refractivity contribution is 6.32. The van der Waals surface area contributed by atoms with Crippen molar-refractivity contribution in [3.63, 3.8) is 0 Å². The number of hydrogen-bond acceptors (Lipinski definition) is 4. The van der Waals surface area contributed by atoms with Crippen LogP contribution in [-0.4, -0.2) is 26.7 Å². The van der Waals surface area contributed by atoms with Gasteiger partial charge < -0.3 is 20.5 Å². The minimum atomic E-state index is -0.107. The van der Waals surface area contributed by atoms with Gasteiger partial charge in [0.25, 0.3) is 0 Å². The highest BCUT2D eigenvalue weighted by Gasteiger charge is 2.15. The first-order chi connectivity index (χ1) is 9.55. The number of anilines is 1. The van der Waals surface area contributed by atoms with Crippen molar-refractivity contribution in [1.82, 2.24) is 0 Å². The second-order valence-corrected chi connectivity index (χ2v) is 4.86. The maximum atomic E-state index is 12.0. The number of methoxy groups -OCH3 is 2. The second-order valence-electron chi connectivity index (χ2n) is 4.45. The van der Waals surface area contributed by atoms with Crippen LogP contribution in [0.4, 0.5) is 5.69 Å². The zero-order valence-electron chi connectivity index (χ0n) is 12.0. The molecule has 0 spiro atoms. The van der Waals surface area contributed by atoms with Gasteiger partial charge in [-0.3, -0.25) is 4.79 Å². The molecule has 0 fully saturated rings. The van der Waals surface area contributed by atoms with Crippen molar-refractivity contribution < 1.29 is 14.3 Å². The van der Waals surface area contributed by atoms with Crippen LogP contribution < -0.4 is 20.5 Å². The summed E-state index contributed by atoms with van der Waals surface area (Å²) in [5, 5.41) is 3.23. The number of nitrogens with one attached hydrogen (secondary N) is 1. The fourth-order valence-electron chi connectivity index (χ4n) is 1.82. The van der Waals surface area contributed by atoms with Gasteiger partial charge >= 0.3 is 0 Å². The molecule has 3 N–H and O–H groups in total. The Balaban J connectivity index is 2.87. The largest absolute Gasteiger partial charge is 0.495 e. The van der Waals surface area contributed by atoms with Crippen molar-refractivity contribution in [1.29, 1.82) is 0 Å². The summed E-state index contributed by atoms with van der Waals surface area (Å²) in [6.45, 7) is 2.50. The Morgan fingerprint density at radius 1 is 1.35 bits per heavy atom. The summed E-state index contributed by atoms with van der Waals surface area (Å²) in [6.07, 6.45) is 1.24. The number of hydrogen-bond donors (Lipinski definition) is 2. The summed E-state index contributed by atoms with van der Waals surface area (Å²) in [6, 6.07) is 3.25. The molecule has 20 heavy (non-hydrogen) atoms. The van der Waals surface area contributed by atoms with Crippen LogP contribution in [0.15, 0.2) is 12.1 Å². The molecule has 0 aliphatic rings. The van der Waals surface area contributed by atoms with E-state index in [1.807, 2.05) is 6.92 Å². The first-order valence-electron chi connectivity index (χ1n) is 6.47. The zero-order valence-corrected chi connectivity index (χ0v) is 12.8. The van der Waals surface area contributed by atoms with E-state index < -0.39 is 0 Å². The van der Waals surface area contributed by atoms with Gasteiger partial charge in [-0.15, -0.1) is 0 Å². The lowest BCUT2D eigenvalue weighted by Gasteiger charge is -2.15. The molecule has 1 amide bonds. The Morgan fingerprint density at radius 2 is 2.00 bits per heavy atom. The van der Waals surface area contributed by atoms with Crippen LogP contribution in [0.2, 0.25) is 5.02 Å². The SMILES string of the molecule is CCC(CN)CC(=O)Nc1cc(OC)c(Cl)cc1OC. The molecule has 0 aliphatic carbocycles. The first-order valence-corrected chi connectivity index (χ1v) is 6.84. The number of halogens is 1. The molecule has 5 nitrogen and oxygen atoms in total. The molecule has 1 rings (SSSR count). The quantitative estimate of drug-likeness (QED) is 0.812. The number of ether oxygens (including phenoxy) is 2. The van der Waals surface area contributed by atoms with Gasteiger partial charge in [-0.05, 0) is 12.5 Å². The van der Waals surface area contributed by atoms with E-state index >= 15 is 0 Å². The fourth-order valence-corrected chi connectivity index (χ4v) is 2.05. The monoisotopic (exact) mass is 300 g/mol. The third kappa shape index (κ3) is 4.28. The minimum absolute atomic E-state index is 0.107. The van der Waals surface area contributed by atoms with Crippen LogP contribution in [0.5, 0.6) is 11.5 Å². The molecule has 0 aliphatic heterocycles. The van der Waals surface area contributed by atoms with Gasteiger partial charge in [0.1, 0.15) is 11.5 Å². The first kappa shape index (κ1) is 16.6. The van der Waals surface area contributed by atoms with Gasteiger partial charge in [-0.2, -0.15) is 0 Å². The zero-order chi connectivity index (χ0) is 15.1. The summed E-state index contributed by atoms with van der Waals surface area (Å²) in [5.41, 5.74) is 6.14. The molecule has 6 heteroatoms. The molecular formula is C14H21ClN2O3. The van der Waals surface area contributed by atoms with E-state index in [0.29, 0.717) is 35.2 Å². The predicted molar refractivity (Wildman–Crippen MR) is 80.6 cm³/mol. The van der Waals surface area contributed by atoms with Gasteiger partial charge in [0, 0.05) is 18.6 Å². The van der Waals surface area contributed by atoms with Crippen molar-refractivity contribution >= 4 is 23.2 Å². The maximum absolute atomic E-state index is 12.0. The number of carbonyl (C=O) groups is 1. The second kappa shape index (κ2) is 7.97. The maximum Gasteiger partial charge on any atom is 0.224 e. The molecule has 0 saturated heterocycles. The molecule has 1 atom stereocenters. The third-order valence-corrected chi connectivity index (χ3v) is 3.43. The van der Waals surface area contributed by atoms with Crippen molar-refractivity contribution in [3.8, 4) is 11.5 Å². The standard InChI is InChI=1S/C14H21ClN2O3/c1-4-9(8-16)5-14(18)17-11-7-12(19-2)10(15)6-13(11)20-3/h6-7,9H,4-5,8,16H2,1-3H3,(H,17,18). The summed E-state index contributed by atoms with van der Waals surface area (Å²) >= 11 is 6.01. The normalized spacial score (nSPS) is 11.8. The number of benzene rings is 1. The summed E-state index contributed by atoms with van der Waals surface area (Å²) < 4.78 is 10.3. The van der Waals surface area contributed by atoms with Crippen molar-refractivity contribution in [2.45, 2.75) is 19.8 Å². The van der Waals surface area contributed by atoms with Gasteiger partial charge in [-0.25, -0.2) is 0 Å². The van der Waals surface area contributed by atoms with Crippen LogP contribution in [0.25, 0.3) is 0 Å². The number of carbonyl (C=O) groups excluding carboxylic acids is 1. The lowest BCUT2D eigenvalue weighted by Crippen LogP contribution is -2.22. The molecule has 0 radical (unpaired) electrons. The molecule has 1 aromatic carbocycles. The predicted octanol–water partition coefficient (Wildman–Crippen LogP) is 2.67. The van der Waals surface area contributed by atoms with E-state index in [4.69, 9.17) is 26.8 Å². The molecule has 112 valence electrons. The van der Waals surface area contributed by atoms with Crippen LogP contribution in [-0.2, 0) is 4.79 Å². The van der Waals surface area contributed by atoms with Crippen molar-refractivity contribution in [2.75, 3.05) is 26.1 Å². The number of rotatable bonds is 7. The van der Waals surface area contributed by atoms with Gasteiger partial charge in [0.15, 0.2) is 0 Å². The van der Waals surface area contributed by atoms with Crippen LogP contribution >= 0.6 is 11.6 Å². The molecular weight excluding hydrogens is 280 g/mol. The molecule has 0 saturated carbocycles. The third-order valence-electron chi connectivity index (χ3n) is 3.13. The van der Waals surface area contributed by atoms with E-state index in [1.54, 1.807) is 12.1 Å². The Bertz CT molecular complexity index is 462.